The Morgan fingerprint density at radius 3 is 2.04 bits per heavy atom. The van der Waals surface area contributed by atoms with Gasteiger partial charge < -0.3 is 4.74 Å². The first-order valence-corrected chi connectivity index (χ1v) is 9.48. The summed E-state index contributed by atoms with van der Waals surface area (Å²) >= 11 is 0. The zero-order valence-corrected chi connectivity index (χ0v) is 16.1. The minimum absolute atomic E-state index is 0.0443. The van der Waals surface area contributed by atoms with Crippen LogP contribution in [0.4, 0.5) is 0 Å². The molecule has 23 heavy (non-hydrogen) atoms. The fraction of sp³-hybridized carbons (Fsp3) is 0.727. The van der Waals surface area contributed by atoms with Gasteiger partial charge in [-0.25, -0.2) is 0 Å². The summed E-state index contributed by atoms with van der Waals surface area (Å²) in [5, 5.41) is 0. The molecule has 0 spiro atoms. The van der Waals surface area contributed by atoms with Gasteiger partial charge in [-0.1, -0.05) is 53.2 Å². The lowest BCUT2D eigenvalue weighted by atomic mass is 9.76. The molecule has 1 aliphatic carbocycles. The topological polar surface area (TPSA) is 9.23 Å². The Kier molecular flexibility index (Phi) is 5.81. The van der Waals surface area contributed by atoms with Crippen LogP contribution >= 0.6 is 0 Å². The fourth-order valence-electron chi connectivity index (χ4n) is 3.87. The van der Waals surface area contributed by atoms with Crippen LogP contribution in [-0.2, 0) is 0 Å². The number of hydrogen-bond donors (Lipinski definition) is 0. The molecule has 0 bridgehead atoms. The molecule has 130 valence electrons. The molecule has 0 amide bonds. The highest BCUT2D eigenvalue weighted by Gasteiger charge is 2.29. The second kappa shape index (κ2) is 7.28. The highest BCUT2D eigenvalue weighted by molar-refractivity contribution is 5.30. The highest BCUT2D eigenvalue weighted by atomic mass is 16.5. The van der Waals surface area contributed by atoms with Crippen molar-refractivity contribution in [3.8, 4) is 5.75 Å². The molecule has 0 N–H and O–H groups in total. The van der Waals surface area contributed by atoms with E-state index in [1.807, 2.05) is 0 Å². The highest BCUT2D eigenvalue weighted by Crippen LogP contribution is 2.38. The van der Waals surface area contributed by atoms with Gasteiger partial charge in [0.1, 0.15) is 11.4 Å². The smallest absolute Gasteiger partial charge is 0.120 e. The van der Waals surface area contributed by atoms with Gasteiger partial charge in [0.15, 0.2) is 0 Å². The molecule has 0 saturated heterocycles. The van der Waals surface area contributed by atoms with E-state index in [1.54, 1.807) is 0 Å². The van der Waals surface area contributed by atoms with E-state index in [-0.39, 0.29) is 5.60 Å². The second-order valence-electron chi connectivity index (χ2n) is 9.30. The van der Waals surface area contributed by atoms with Crippen molar-refractivity contribution >= 4 is 0 Å². The third-order valence-corrected chi connectivity index (χ3v) is 5.22. The van der Waals surface area contributed by atoms with Gasteiger partial charge in [0.25, 0.3) is 0 Å². The Morgan fingerprint density at radius 2 is 1.57 bits per heavy atom. The molecule has 0 heterocycles. The van der Waals surface area contributed by atoms with Crippen LogP contribution in [0.15, 0.2) is 24.3 Å². The summed E-state index contributed by atoms with van der Waals surface area (Å²) in [6.07, 6.45) is 7.56. The maximum absolute atomic E-state index is 6.34. The van der Waals surface area contributed by atoms with Crippen LogP contribution in [0.2, 0.25) is 0 Å². The average Bonchev–Trinajstić information content (AvgIpc) is 2.45. The third kappa shape index (κ3) is 5.55. The van der Waals surface area contributed by atoms with E-state index in [0.29, 0.717) is 17.3 Å². The van der Waals surface area contributed by atoms with Crippen molar-refractivity contribution in [2.24, 2.45) is 11.3 Å². The van der Waals surface area contributed by atoms with Crippen LogP contribution in [0, 0.1) is 11.3 Å². The van der Waals surface area contributed by atoms with E-state index in [4.69, 9.17) is 4.74 Å². The zero-order chi connectivity index (χ0) is 17.1. The first-order chi connectivity index (χ1) is 10.7. The van der Waals surface area contributed by atoms with Gasteiger partial charge in [0, 0.05) is 0 Å². The molecule has 2 rings (SSSR count). The van der Waals surface area contributed by atoms with Crippen LogP contribution in [0.25, 0.3) is 0 Å². The summed E-state index contributed by atoms with van der Waals surface area (Å²) in [6.45, 7) is 14.0. The molecule has 1 fully saturated rings. The Bertz CT molecular complexity index is 472. The van der Waals surface area contributed by atoms with E-state index in [9.17, 15) is 0 Å². The fourth-order valence-corrected chi connectivity index (χ4v) is 3.87. The second-order valence-corrected chi connectivity index (χ2v) is 9.30. The molecule has 1 aromatic carbocycles. The van der Waals surface area contributed by atoms with Gasteiger partial charge in [-0.3, -0.25) is 0 Å². The van der Waals surface area contributed by atoms with E-state index in [0.717, 1.165) is 5.75 Å². The third-order valence-electron chi connectivity index (χ3n) is 5.22. The minimum Gasteiger partial charge on any atom is -0.488 e. The van der Waals surface area contributed by atoms with Crippen LogP contribution in [0.1, 0.15) is 91.5 Å². The molecule has 1 nitrogen and oxygen atoms in total. The maximum Gasteiger partial charge on any atom is 0.120 e. The Balaban J connectivity index is 2.08. The number of benzene rings is 1. The lowest BCUT2D eigenvalue weighted by molar-refractivity contribution is 0.0487. The van der Waals surface area contributed by atoms with Crippen molar-refractivity contribution in [3.05, 3.63) is 29.8 Å². The van der Waals surface area contributed by atoms with Crippen LogP contribution in [0.5, 0.6) is 5.75 Å². The number of ether oxygens (including phenoxy) is 1. The SMILES string of the molecule is CC(C)C(CC(C)(C)C)c1ccc(OC2(C)CCCCC2)cc1. The number of hydrogen-bond acceptors (Lipinski definition) is 1. The largest absolute Gasteiger partial charge is 0.488 e. The number of rotatable bonds is 5. The van der Waals surface area contributed by atoms with Crippen molar-refractivity contribution in [1.29, 1.82) is 0 Å². The normalized spacial score (nSPS) is 19.6. The average molecular weight is 317 g/mol. The maximum atomic E-state index is 6.34. The quantitative estimate of drug-likeness (QED) is 0.570. The molecule has 0 aliphatic heterocycles. The van der Waals surface area contributed by atoms with E-state index in [1.165, 1.54) is 44.1 Å². The lowest BCUT2D eigenvalue weighted by Crippen LogP contribution is -2.34. The monoisotopic (exact) mass is 316 g/mol. The molecule has 1 saturated carbocycles. The molecule has 1 heteroatoms. The van der Waals surface area contributed by atoms with Gasteiger partial charge in [-0.05, 0) is 74.0 Å². The van der Waals surface area contributed by atoms with Crippen LogP contribution in [0.3, 0.4) is 0 Å². The van der Waals surface area contributed by atoms with Gasteiger partial charge in [0.05, 0.1) is 0 Å². The van der Waals surface area contributed by atoms with Crippen molar-refractivity contribution in [2.75, 3.05) is 0 Å². The zero-order valence-electron chi connectivity index (χ0n) is 16.1. The molecule has 0 aromatic heterocycles. The summed E-state index contributed by atoms with van der Waals surface area (Å²) in [5.41, 5.74) is 1.86. The van der Waals surface area contributed by atoms with E-state index < -0.39 is 0 Å². The summed E-state index contributed by atoms with van der Waals surface area (Å²) < 4.78 is 6.34. The van der Waals surface area contributed by atoms with Crippen molar-refractivity contribution in [3.63, 3.8) is 0 Å². The molecule has 0 radical (unpaired) electrons. The first-order valence-electron chi connectivity index (χ1n) is 9.48. The van der Waals surface area contributed by atoms with Gasteiger partial charge in [0.2, 0.25) is 0 Å². The van der Waals surface area contributed by atoms with Crippen molar-refractivity contribution in [2.45, 2.75) is 91.6 Å². The molecule has 1 unspecified atom stereocenters. The summed E-state index contributed by atoms with van der Waals surface area (Å²) in [6, 6.07) is 8.95. The Morgan fingerprint density at radius 1 is 1.00 bits per heavy atom. The van der Waals surface area contributed by atoms with E-state index in [2.05, 4.69) is 65.8 Å². The summed E-state index contributed by atoms with van der Waals surface area (Å²) in [7, 11) is 0. The van der Waals surface area contributed by atoms with Gasteiger partial charge in [-0.15, -0.1) is 0 Å². The summed E-state index contributed by atoms with van der Waals surface area (Å²) in [4.78, 5) is 0. The first kappa shape index (κ1) is 18.4. The Hall–Kier alpha value is -0.980. The van der Waals surface area contributed by atoms with Crippen LogP contribution < -0.4 is 4.74 Å². The Labute approximate surface area is 143 Å². The van der Waals surface area contributed by atoms with Gasteiger partial charge >= 0.3 is 0 Å². The lowest BCUT2D eigenvalue weighted by Gasteiger charge is -2.34. The minimum atomic E-state index is 0.0443. The van der Waals surface area contributed by atoms with Crippen LogP contribution in [-0.4, -0.2) is 5.60 Å². The molecular formula is C22H36O. The predicted octanol–water partition coefficient (Wildman–Crippen LogP) is 6.96. The van der Waals surface area contributed by atoms with E-state index >= 15 is 0 Å². The summed E-state index contributed by atoms with van der Waals surface area (Å²) in [5.74, 6) is 2.32. The van der Waals surface area contributed by atoms with Crippen molar-refractivity contribution < 1.29 is 4.74 Å². The molecule has 1 aliphatic rings. The molecule has 1 aromatic rings. The van der Waals surface area contributed by atoms with Gasteiger partial charge in [-0.2, -0.15) is 0 Å². The molecular weight excluding hydrogens is 280 g/mol. The van der Waals surface area contributed by atoms with Crippen molar-refractivity contribution in [1.82, 2.24) is 0 Å². The molecule has 1 atom stereocenters. The standard InChI is InChI=1S/C22H36O/c1-17(2)20(16-21(3,4)5)18-10-12-19(13-11-18)23-22(6)14-8-7-9-15-22/h10-13,17,20H,7-9,14-16H2,1-6H3. The predicted molar refractivity (Wildman–Crippen MR) is 100 cm³/mol.